The van der Waals surface area contributed by atoms with Gasteiger partial charge in [0, 0.05) is 42.8 Å². The molecule has 0 unspecified atom stereocenters. The number of carbonyl (C=O) groups excluding carboxylic acids is 1. The summed E-state index contributed by atoms with van der Waals surface area (Å²) in [6.07, 6.45) is -3.76. The Morgan fingerprint density at radius 3 is 2.65 bits per heavy atom. The molecule has 0 radical (unpaired) electrons. The second-order valence-electron chi connectivity index (χ2n) is 5.97. The molecule has 1 aromatic carbocycles. The van der Waals surface area contributed by atoms with Crippen molar-refractivity contribution in [2.24, 2.45) is 0 Å². The summed E-state index contributed by atoms with van der Waals surface area (Å²) in [5.41, 5.74) is 1.37. The lowest BCUT2D eigenvalue weighted by molar-refractivity contribution is -0.140. The van der Waals surface area contributed by atoms with Crippen LogP contribution in [-0.4, -0.2) is 37.1 Å². The van der Waals surface area contributed by atoms with Crippen molar-refractivity contribution in [1.29, 1.82) is 0 Å². The maximum absolute atomic E-state index is 12.6. The minimum Gasteiger partial charge on any atom is -0.369 e. The van der Waals surface area contributed by atoms with Gasteiger partial charge in [-0.1, -0.05) is 6.92 Å². The minimum absolute atomic E-state index is 0.0621. The van der Waals surface area contributed by atoms with Crippen LogP contribution in [0.2, 0.25) is 0 Å². The van der Waals surface area contributed by atoms with E-state index >= 15 is 0 Å². The van der Waals surface area contributed by atoms with Gasteiger partial charge in [0.15, 0.2) is 10.8 Å². The molecule has 1 aliphatic heterocycles. The number of nitrogens with one attached hydrogen (secondary N) is 2. The van der Waals surface area contributed by atoms with E-state index in [1.54, 1.807) is 12.1 Å². The van der Waals surface area contributed by atoms with Gasteiger partial charge in [0.05, 0.1) is 0 Å². The Balaban J connectivity index is 1.80. The van der Waals surface area contributed by atoms with Gasteiger partial charge in [0.1, 0.15) is 0 Å². The Labute approximate surface area is 153 Å². The van der Waals surface area contributed by atoms with Crippen molar-refractivity contribution < 1.29 is 18.0 Å². The van der Waals surface area contributed by atoms with Crippen LogP contribution in [0.5, 0.6) is 0 Å². The highest BCUT2D eigenvalue weighted by atomic mass is 32.1. The van der Waals surface area contributed by atoms with Crippen LogP contribution >= 0.6 is 11.3 Å². The molecule has 1 fully saturated rings. The van der Waals surface area contributed by atoms with Crippen molar-refractivity contribution in [2.75, 3.05) is 36.4 Å². The zero-order valence-corrected chi connectivity index (χ0v) is 15.0. The van der Waals surface area contributed by atoms with Crippen LogP contribution in [0, 0.1) is 0 Å². The smallest absolute Gasteiger partial charge is 0.369 e. The van der Waals surface area contributed by atoms with Gasteiger partial charge in [-0.05, 0) is 30.2 Å². The van der Waals surface area contributed by atoms with Gasteiger partial charge in [-0.2, -0.15) is 13.2 Å². The first-order chi connectivity index (χ1) is 12.4. The average Bonchev–Trinajstić information content (AvgIpc) is 3.11. The Morgan fingerprint density at radius 2 is 2.04 bits per heavy atom. The molecule has 1 saturated heterocycles. The quantitative estimate of drug-likeness (QED) is 0.849. The second-order valence-corrected chi connectivity index (χ2v) is 6.83. The standard InChI is InChI=1S/C17H19F3N4OS/c1-2-11-7-12(9-13(8-11)24-5-3-21-4-6-24)15(25)23-16-22-14(10-26-16)17(18,19)20/h7-10,21H,2-6H2,1H3,(H,22,23,25). The van der Waals surface area contributed by atoms with E-state index in [4.69, 9.17) is 0 Å². The van der Waals surface area contributed by atoms with Crippen LogP contribution in [0.1, 0.15) is 28.5 Å². The van der Waals surface area contributed by atoms with Gasteiger partial charge in [-0.3, -0.25) is 10.1 Å². The SMILES string of the molecule is CCc1cc(C(=O)Nc2nc(C(F)(F)F)cs2)cc(N2CCNCC2)c1. The number of hydrogen-bond donors (Lipinski definition) is 2. The van der Waals surface area contributed by atoms with Crippen molar-refractivity contribution in [3.63, 3.8) is 0 Å². The number of piperazine rings is 1. The van der Waals surface area contributed by atoms with Crippen LogP contribution in [0.25, 0.3) is 0 Å². The monoisotopic (exact) mass is 384 g/mol. The fraction of sp³-hybridized carbons (Fsp3) is 0.412. The van der Waals surface area contributed by atoms with Crippen molar-refractivity contribution >= 4 is 28.1 Å². The van der Waals surface area contributed by atoms with Crippen molar-refractivity contribution in [3.8, 4) is 0 Å². The van der Waals surface area contributed by atoms with E-state index in [2.05, 4.69) is 20.5 Å². The first-order valence-electron chi connectivity index (χ1n) is 8.30. The molecule has 2 heterocycles. The number of carbonyl (C=O) groups is 1. The summed E-state index contributed by atoms with van der Waals surface area (Å²) < 4.78 is 37.9. The van der Waals surface area contributed by atoms with Crippen LogP contribution < -0.4 is 15.5 Å². The molecule has 0 bridgehead atoms. The summed E-state index contributed by atoms with van der Waals surface area (Å²) in [4.78, 5) is 18.2. The third-order valence-corrected chi connectivity index (χ3v) is 4.90. The van der Waals surface area contributed by atoms with Crippen LogP contribution in [-0.2, 0) is 12.6 Å². The number of alkyl halides is 3. The summed E-state index contributed by atoms with van der Waals surface area (Å²) in [6.45, 7) is 5.43. The lowest BCUT2D eigenvalue weighted by Gasteiger charge is -2.30. The first-order valence-corrected chi connectivity index (χ1v) is 9.18. The van der Waals surface area contributed by atoms with Gasteiger partial charge < -0.3 is 10.2 Å². The van der Waals surface area contributed by atoms with Crippen molar-refractivity contribution in [3.05, 3.63) is 40.4 Å². The molecular formula is C17H19F3N4OS. The predicted molar refractivity (Wildman–Crippen MR) is 96.0 cm³/mol. The average molecular weight is 384 g/mol. The molecule has 0 saturated carbocycles. The van der Waals surface area contributed by atoms with E-state index in [0.717, 1.165) is 60.6 Å². The zero-order chi connectivity index (χ0) is 18.7. The molecular weight excluding hydrogens is 365 g/mol. The number of halogens is 3. The van der Waals surface area contributed by atoms with Gasteiger partial charge in [-0.25, -0.2) is 4.98 Å². The maximum Gasteiger partial charge on any atom is 0.434 e. The second kappa shape index (κ2) is 7.63. The first kappa shape index (κ1) is 18.7. The Bertz CT molecular complexity index is 785. The number of hydrogen-bond acceptors (Lipinski definition) is 5. The van der Waals surface area contributed by atoms with Gasteiger partial charge in [0.25, 0.3) is 5.91 Å². The van der Waals surface area contributed by atoms with E-state index in [1.165, 1.54) is 0 Å². The third-order valence-electron chi connectivity index (χ3n) is 4.15. The molecule has 0 spiro atoms. The van der Waals surface area contributed by atoms with E-state index in [-0.39, 0.29) is 5.13 Å². The number of thiazole rings is 1. The highest BCUT2D eigenvalue weighted by Gasteiger charge is 2.34. The Morgan fingerprint density at radius 1 is 1.31 bits per heavy atom. The largest absolute Gasteiger partial charge is 0.434 e. The minimum atomic E-state index is -4.52. The summed E-state index contributed by atoms with van der Waals surface area (Å²) in [5, 5.41) is 6.58. The van der Waals surface area contributed by atoms with Gasteiger partial charge in [-0.15, -0.1) is 11.3 Å². The summed E-state index contributed by atoms with van der Waals surface area (Å²) in [6, 6.07) is 5.59. The van der Waals surface area contributed by atoms with Crippen molar-refractivity contribution in [2.45, 2.75) is 19.5 Å². The fourth-order valence-corrected chi connectivity index (χ4v) is 3.46. The van der Waals surface area contributed by atoms with Crippen molar-refractivity contribution in [1.82, 2.24) is 10.3 Å². The number of rotatable bonds is 4. The molecule has 26 heavy (non-hydrogen) atoms. The lowest BCUT2D eigenvalue weighted by Crippen LogP contribution is -2.43. The van der Waals surface area contributed by atoms with Gasteiger partial charge >= 0.3 is 6.18 Å². The number of aryl methyl sites for hydroxylation is 1. The Kier molecular flexibility index (Phi) is 5.47. The normalized spacial score (nSPS) is 15.2. The van der Waals surface area contributed by atoms with E-state index in [1.807, 2.05) is 13.0 Å². The lowest BCUT2D eigenvalue weighted by atomic mass is 10.1. The maximum atomic E-state index is 12.6. The number of anilines is 2. The zero-order valence-electron chi connectivity index (χ0n) is 14.2. The fourth-order valence-electron chi connectivity index (χ4n) is 2.75. The molecule has 0 atom stereocenters. The van der Waals surface area contributed by atoms with Crippen LogP contribution in [0.4, 0.5) is 24.0 Å². The summed E-state index contributed by atoms with van der Waals surface area (Å²) >= 11 is 0.760. The molecule has 140 valence electrons. The summed E-state index contributed by atoms with van der Waals surface area (Å²) in [5.74, 6) is -0.459. The number of nitrogens with zero attached hydrogens (tertiary/aromatic N) is 2. The van der Waals surface area contributed by atoms with E-state index in [9.17, 15) is 18.0 Å². The van der Waals surface area contributed by atoms with E-state index < -0.39 is 17.8 Å². The molecule has 2 N–H and O–H groups in total. The highest BCUT2D eigenvalue weighted by molar-refractivity contribution is 7.14. The molecule has 0 aliphatic carbocycles. The molecule has 1 aliphatic rings. The number of benzene rings is 1. The molecule has 3 rings (SSSR count). The van der Waals surface area contributed by atoms with Crippen LogP contribution in [0.3, 0.4) is 0 Å². The molecule has 1 amide bonds. The predicted octanol–water partition coefficient (Wildman–Crippen LogP) is 3.39. The summed E-state index contributed by atoms with van der Waals surface area (Å²) in [7, 11) is 0. The number of aromatic nitrogens is 1. The highest BCUT2D eigenvalue weighted by Crippen LogP contribution is 2.32. The van der Waals surface area contributed by atoms with Gasteiger partial charge in [0.2, 0.25) is 0 Å². The third kappa shape index (κ3) is 4.34. The molecule has 9 heteroatoms. The van der Waals surface area contributed by atoms with Crippen LogP contribution in [0.15, 0.2) is 23.6 Å². The van der Waals surface area contributed by atoms with E-state index in [0.29, 0.717) is 5.56 Å². The Hall–Kier alpha value is -2.13. The molecule has 5 nitrogen and oxygen atoms in total. The molecule has 1 aromatic heterocycles. The number of amides is 1. The molecule has 2 aromatic rings. The topological polar surface area (TPSA) is 57.3 Å².